The number of hydrogen-bond donors (Lipinski definition) is 1. The minimum absolute atomic E-state index is 0.166. The van der Waals surface area contributed by atoms with Crippen LogP contribution in [0, 0.1) is 11.3 Å². The SMILES string of the molecule is COCCn1ncc(Cl)c1C1CC(C(C)(C)C)CCC1N. The van der Waals surface area contributed by atoms with E-state index in [4.69, 9.17) is 22.1 Å². The summed E-state index contributed by atoms with van der Waals surface area (Å²) in [6.07, 6.45) is 5.08. The fraction of sp³-hybridized carbons (Fsp3) is 0.812. The summed E-state index contributed by atoms with van der Waals surface area (Å²) >= 11 is 6.40. The predicted molar refractivity (Wildman–Crippen MR) is 86.6 cm³/mol. The van der Waals surface area contributed by atoms with Gasteiger partial charge in [-0.2, -0.15) is 5.10 Å². The molecule has 1 fully saturated rings. The molecule has 0 spiro atoms. The highest BCUT2D eigenvalue weighted by Gasteiger charge is 2.37. The first kappa shape index (κ1) is 16.8. The van der Waals surface area contributed by atoms with Gasteiger partial charge in [0.1, 0.15) is 0 Å². The molecular weight excluding hydrogens is 286 g/mol. The van der Waals surface area contributed by atoms with E-state index in [1.807, 2.05) is 4.68 Å². The van der Waals surface area contributed by atoms with Crippen molar-refractivity contribution in [3.05, 3.63) is 16.9 Å². The smallest absolute Gasteiger partial charge is 0.0821 e. The van der Waals surface area contributed by atoms with Crippen molar-refractivity contribution in [2.45, 2.75) is 58.5 Å². The van der Waals surface area contributed by atoms with Crippen molar-refractivity contribution in [2.24, 2.45) is 17.1 Å². The van der Waals surface area contributed by atoms with Gasteiger partial charge in [-0.3, -0.25) is 4.68 Å². The highest BCUT2D eigenvalue weighted by atomic mass is 35.5. The van der Waals surface area contributed by atoms with Gasteiger partial charge >= 0.3 is 0 Å². The lowest BCUT2D eigenvalue weighted by molar-refractivity contribution is 0.147. The van der Waals surface area contributed by atoms with Crippen LogP contribution >= 0.6 is 11.6 Å². The molecule has 0 saturated heterocycles. The van der Waals surface area contributed by atoms with Gasteiger partial charge in [-0.15, -0.1) is 0 Å². The van der Waals surface area contributed by atoms with Crippen LogP contribution in [0.3, 0.4) is 0 Å². The molecule has 21 heavy (non-hydrogen) atoms. The Balaban J connectivity index is 2.24. The minimum Gasteiger partial charge on any atom is -0.383 e. The number of rotatable bonds is 4. The largest absolute Gasteiger partial charge is 0.383 e. The highest BCUT2D eigenvalue weighted by molar-refractivity contribution is 6.31. The Morgan fingerprint density at radius 2 is 2.14 bits per heavy atom. The molecule has 0 amide bonds. The summed E-state index contributed by atoms with van der Waals surface area (Å²) in [5.74, 6) is 0.957. The van der Waals surface area contributed by atoms with Gasteiger partial charge in [0.15, 0.2) is 0 Å². The Hall–Kier alpha value is -0.580. The molecule has 0 radical (unpaired) electrons. The number of ether oxygens (including phenoxy) is 1. The topological polar surface area (TPSA) is 53.1 Å². The van der Waals surface area contributed by atoms with E-state index in [0.29, 0.717) is 17.9 Å². The number of hydrogen-bond acceptors (Lipinski definition) is 3. The highest BCUT2D eigenvalue weighted by Crippen LogP contribution is 2.44. The third-order valence-corrected chi connectivity index (χ3v) is 5.11. The summed E-state index contributed by atoms with van der Waals surface area (Å²) < 4.78 is 7.14. The van der Waals surface area contributed by atoms with Gasteiger partial charge in [-0.05, 0) is 30.6 Å². The van der Waals surface area contributed by atoms with E-state index in [1.54, 1.807) is 13.3 Å². The molecule has 120 valence electrons. The monoisotopic (exact) mass is 313 g/mol. The summed E-state index contributed by atoms with van der Waals surface area (Å²) in [5, 5.41) is 5.14. The van der Waals surface area contributed by atoms with Crippen LogP contribution in [0.4, 0.5) is 0 Å². The van der Waals surface area contributed by atoms with E-state index in [9.17, 15) is 0 Å². The Morgan fingerprint density at radius 1 is 1.43 bits per heavy atom. The number of nitrogens with zero attached hydrogens (tertiary/aromatic N) is 2. The van der Waals surface area contributed by atoms with E-state index < -0.39 is 0 Å². The maximum atomic E-state index is 6.41. The molecule has 0 aromatic carbocycles. The number of aromatic nitrogens is 2. The van der Waals surface area contributed by atoms with Gasteiger partial charge in [-0.25, -0.2) is 0 Å². The second-order valence-electron chi connectivity index (χ2n) is 7.24. The standard InChI is InChI=1S/C16H28ClN3O/c1-16(2,3)11-5-6-14(18)12(9-11)15-13(17)10-19-20(15)7-8-21-4/h10-12,14H,5-9,18H2,1-4H3. The van der Waals surface area contributed by atoms with Crippen LogP contribution in [-0.2, 0) is 11.3 Å². The molecule has 1 aromatic heterocycles. The molecule has 3 atom stereocenters. The molecule has 3 unspecified atom stereocenters. The fourth-order valence-electron chi connectivity index (χ4n) is 3.39. The molecular formula is C16H28ClN3O. The van der Waals surface area contributed by atoms with Crippen LogP contribution in [0.25, 0.3) is 0 Å². The van der Waals surface area contributed by atoms with Crippen molar-refractivity contribution >= 4 is 11.6 Å². The quantitative estimate of drug-likeness (QED) is 0.926. The van der Waals surface area contributed by atoms with E-state index in [0.717, 1.165) is 30.1 Å². The molecule has 0 aliphatic heterocycles. The summed E-state index contributed by atoms with van der Waals surface area (Å²) in [4.78, 5) is 0. The zero-order valence-electron chi connectivity index (χ0n) is 13.6. The van der Waals surface area contributed by atoms with E-state index in [2.05, 4.69) is 25.9 Å². The Bertz CT molecular complexity index is 467. The summed E-state index contributed by atoms with van der Waals surface area (Å²) in [6.45, 7) is 8.30. The molecule has 0 bridgehead atoms. The molecule has 5 heteroatoms. The number of halogens is 1. The molecule has 1 heterocycles. The van der Waals surface area contributed by atoms with Gasteiger partial charge in [0.2, 0.25) is 0 Å². The third kappa shape index (κ3) is 3.79. The van der Waals surface area contributed by atoms with E-state index in [-0.39, 0.29) is 12.0 Å². The van der Waals surface area contributed by atoms with Crippen molar-refractivity contribution in [1.82, 2.24) is 9.78 Å². The number of nitrogens with two attached hydrogens (primary N) is 1. The molecule has 1 aliphatic rings. The van der Waals surface area contributed by atoms with Crippen LogP contribution < -0.4 is 5.73 Å². The Labute approximate surface area is 133 Å². The van der Waals surface area contributed by atoms with Gasteiger partial charge in [0, 0.05) is 19.1 Å². The van der Waals surface area contributed by atoms with Crippen LogP contribution in [-0.4, -0.2) is 29.5 Å². The molecule has 4 nitrogen and oxygen atoms in total. The number of methoxy groups -OCH3 is 1. The fourth-order valence-corrected chi connectivity index (χ4v) is 3.67. The lowest BCUT2D eigenvalue weighted by atomic mass is 9.67. The zero-order chi connectivity index (χ0) is 15.6. The van der Waals surface area contributed by atoms with E-state index in [1.165, 1.54) is 6.42 Å². The van der Waals surface area contributed by atoms with Crippen molar-refractivity contribution in [3.8, 4) is 0 Å². The summed E-state index contributed by atoms with van der Waals surface area (Å²) in [7, 11) is 1.70. The predicted octanol–water partition coefficient (Wildman–Crippen LogP) is 3.44. The van der Waals surface area contributed by atoms with Gasteiger partial charge in [0.05, 0.1) is 30.1 Å². The third-order valence-electron chi connectivity index (χ3n) is 4.82. The zero-order valence-corrected chi connectivity index (χ0v) is 14.4. The maximum Gasteiger partial charge on any atom is 0.0821 e. The molecule has 1 saturated carbocycles. The second kappa shape index (κ2) is 6.67. The maximum absolute atomic E-state index is 6.41. The van der Waals surface area contributed by atoms with Crippen molar-refractivity contribution < 1.29 is 4.74 Å². The van der Waals surface area contributed by atoms with Crippen LogP contribution in [0.15, 0.2) is 6.20 Å². The first-order valence-corrected chi connectivity index (χ1v) is 8.18. The molecule has 1 aromatic rings. The average molecular weight is 314 g/mol. The van der Waals surface area contributed by atoms with Crippen molar-refractivity contribution in [3.63, 3.8) is 0 Å². The van der Waals surface area contributed by atoms with Crippen molar-refractivity contribution in [1.29, 1.82) is 0 Å². The molecule has 2 rings (SSSR count). The van der Waals surface area contributed by atoms with E-state index >= 15 is 0 Å². The molecule has 1 aliphatic carbocycles. The lowest BCUT2D eigenvalue weighted by Crippen LogP contribution is -2.39. The lowest BCUT2D eigenvalue weighted by Gasteiger charge is -2.41. The van der Waals surface area contributed by atoms with Crippen molar-refractivity contribution in [2.75, 3.05) is 13.7 Å². The molecule has 2 N–H and O–H groups in total. The van der Waals surface area contributed by atoms with Gasteiger partial charge < -0.3 is 10.5 Å². The van der Waals surface area contributed by atoms with Gasteiger partial charge in [-0.1, -0.05) is 32.4 Å². The van der Waals surface area contributed by atoms with Crippen LogP contribution in [0.1, 0.15) is 51.6 Å². The Kier molecular flexibility index (Phi) is 5.33. The Morgan fingerprint density at radius 3 is 2.76 bits per heavy atom. The van der Waals surface area contributed by atoms with Crippen LogP contribution in [0.5, 0.6) is 0 Å². The first-order chi connectivity index (χ1) is 9.84. The van der Waals surface area contributed by atoms with Gasteiger partial charge in [0.25, 0.3) is 0 Å². The first-order valence-electron chi connectivity index (χ1n) is 7.80. The second-order valence-corrected chi connectivity index (χ2v) is 7.65. The summed E-state index contributed by atoms with van der Waals surface area (Å²) in [6, 6.07) is 0.166. The normalized spacial score (nSPS) is 27.0. The minimum atomic E-state index is 0.166. The average Bonchev–Trinajstić information content (AvgIpc) is 2.77. The van der Waals surface area contributed by atoms with Crippen LogP contribution in [0.2, 0.25) is 5.02 Å². The summed E-state index contributed by atoms with van der Waals surface area (Å²) in [5.41, 5.74) is 7.81.